The highest BCUT2D eigenvalue weighted by atomic mass is 35.5. The van der Waals surface area contributed by atoms with Crippen molar-refractivity contribution in [3.05, 3.63) is 35.1 Å². The van der Waals surface area contributed by atoms with Gasteiger partial charge in [0.2, 0.25) is 0 Å². The monoisotopic (exact) mass is 404 g/mol. The number of piperazine rings is 1. The van der Waals surface area contributed by atoms with Gasteiger partial charge in [0.15, 0.2) is 0 Å². The third-order valence-electron chi connectivity index (χ3n) is 4.29. The van der Waals surface area contributed by atoms with Gasteiger partial charge in [0, 0.05) is 32.2 Å². The van der Waals surface area contributed by atoms with Crippen LogP contribution in [0.1, 0.15) is 43.9 Å². The molecule has 25 heavy (non-hydrogen) atoms. The Kier molecular flexibility index (Phi) is 10.3. The summed E-state index contributed by atoms with van der Waals surface area (Å²) in [6, 6.07) is 2.75. The van der Waals surface area contributed by atoms with Gasteiger partial charge in [0.1, 0.15) is 5.82 Å². The van der Waals surface area contributed by atoms with Crippen LogP contribution in [0.2, 0.25) is 0 Å². The molecule has 1 heterocycles. The molecule has 1 aliphatic rings. The van der Waals surface area contributed by atoms with Gasteiger partial charge in [-0.1, -0.05) is 19.9 Å². The first-order chi connectivity index (χ1) is 10.8. The molecule has 1 saturated heterocycles. The van der Waals surface area contributed by atoms with Crippen molar-refractivity contribution in [1.82, 2.24) is 10.2 Å². The van der Waals surface area contributed by atoms with Crippen molar-refractivity contribution in [3.63, 3.8) is 0 Å². The Balaban J connectivity index is 0.00000288. The second kappa shape index (κ2) is 10.6. The van der Waals surface area contributed by atoms with Gasteiger partial charge in [-0.25, -0.2) is 4.39 Å². The molecule has 1 aromatic rings. The molecule has 0 amide bonds. The van der Waals surface area contributed by atoms with Crippen LogP contribution >= 0.6 is 24.8 Å². The van der Waals surface area contributed by atoms with E-state index in [0.717, 1.165) is 25.6 Å². The topological polar surface area (TPSA) is 15.3 Å². The highest BCUT2D eigenvalue weighted by Crippen LogP contribution is 2.39. The molecular weight excluding hydrogens is 379 g/mol. The Morgan fingerprint density at radius 2 is 1.68 bits per heavy atom. The maximum absolute atomic E-state index is 13.4. The third-order valence-corrected chi connectivity index (χ3v) is 4.29. The van der Waals surface area contributed by atoms with Gasteiger partial charge in [0.05, 0.1) is 5.56 Å². The van der Waals surface area contributed by atoms with E-state index in [2.05, 4.69) is 24.1 Å². The molecule has 0 aromatic heterocycles. The average molecular weight is 405 g/mol. The summed E-state index contributed by atoms with van der Waals surface area (Å²) in [6.07, 6.45) is -3.06. The summed E-state index contributed by atoms with van der Waals surface area (Å²) in [7, 11) is 0. The van der Waals surface area contributed by atoms with Crippen molar-refractivity contribution in [3.8, 4) is 0 Å². The van der Waals surface area contributed by atoms with E-state index in [1.54, 1.807) is 0 Å². The van der Waals surface area contributed by atoms with Crippen LogP contribution in [-0.4, -0.2) is 31.1 Å². The summed E-state index contributed by atoms with van der Waals surface area (Å²) in [5.41, 5.74) is -0.647. The van der Waals surface area contributed by atoms with Gasteiger partial charge < -0.3 is 5.32 Å². The quantitative estimate of drug-likeness (QED) is 0.689. The van der Waals surface area contributed by atoms with Crippen molar-refractivity contribution >= 4 is 24.8 Å². The zero-order valence-electron chi connectivity index (χ0n) is 14.4. The second-order valence-electron chi connectivity index (χ2n) is 6.50. The molecule has 1 fully saturated rings. The molecule has 0 unspecified atom stereocenters. The Labute approximate surface area is 159 Å². The lowest BCUT2D eigenvalue weighted by Crippen LogP contribution is -2.45. The molecule has 2 nitrogen and oxygen atoms in total. The van der Waals surface area contributed by atoms with E-state index in [1.807, 2.05) is 0 Å². The number of alkyl halides is 3. The number of nitrogens with zero attached hydrogens (tertiary/aromatic N) is 1. The van der Waals surface area contributed by atoms with E-state index < -0.39 is 17.6 Å². The van der Waals surface area contributed by atoms with Crippen LogP contribution < -0.4 is 5.32 Å². The Morgan fingerprint density at radius 3 is 2.20 bits per heavy atom. The van der Waals surface area contributed by atoms with Gasteiger partial charge in [-0.15, -0.1) is 24.8 Å². The predicted molar refractivity (Wildman–Crippen MR) is 97.2 cm³/mol. The first kappa shape index (κ1) is 24.4. The molecular formula is C17H26Cl2F4N2. The van der Waals surface area contributed by atoms with Crippen molar-refractivity contribution in [2.24, 2.45) is 5.92 Å². The summed E-state index contributed by atoms with van der Waals surface area (Å²) >= 11 is 0. The number of nitrogens with one attached hydrogen (secondary N) is 1. The normalized spacial score (nSPS) is 16.9. The number of benzene rings is 1. The third kappa shape index (κ3) is 6.93. The van der Waals surface area contributed by atoms with E-state index in [-0.39, 0.29) is 36.4 Å². The van der Waals surface area contributed by atoms with E-state index in [9.17, 15) is 17.6 Å². The van der Waals surface area contributed by atoms with Gasteiger partial charge >= 0.3 is 6.18 Å². The van der Waals surface area contributed by atoms with Crippen LogP contribution in [0.3, 0.4) is 0 Å². The van der Waals surface area contributed by atoms with E-state index in [0.29, 0.717) is 31.5 Å². The molecule has 2 rings (SSSR count). The summed E-state index contributed by atoms with van der Waals surface area (Å²) in [5, 5.41) is 3.22. The van der Waals surface area contributed by atoms with E-state index >= 15 is 0 Å². The highest BCUT2D eigenvalue weighted by Gasteiger charge is 2.37. The molecule has 146 valence electrons. The fraction of sp³-hybridized carbons (Fsp3) is 0.647. The predicted octanol–water partition coefficient (Wildman–Crippen LogP) is 5.07. The number of hydrogen-bond donors (Lipinski definition) is 1. The van der Waals surface area contributed by atoms with Crippen LogP contribution in [0.5, 0.6) is 0 Å². The van der Waals surface area contributed by atoms with Gasteiger partial charge in [0.25, 0.3) is 0 Å². The van der Waals surface area contributed by atoms with Gasteiger partial charge in [-0.3, -0.25) is 4.90 Å². The second-order valence-corrected chi connectivity index (χ2v) is 6.50. The lowest BCUT2D eigenvalue weighted by Gasteiger charge is -2.36. The highest BCUT2D eigenvalue weighted by molar-refractivity contribution is 5.85. The van der Waals surface area contributed by atoms with Gasteiger partial charge in [-0.2, -0.15) is 13.2 Å². The molecule has 1 aliphatic heterocycles. The zero-order valence-corrected chi connectivity index (χ0v) is 16.0. The van der Waals surface area contributed by atoms with Gasteiger partial charge in [-0.05, 0) is 36.5 Å². The minimum absolute atomic E-state index is 0. The molecule has 0 saturated carbocycles. The van der Waals surface area contributed by atoms with Crippen molar-refractivity contribution < 1.29 is 17.6 Å². The maximum Gasteiger partial charge on any atom is 0.416 e. The smallest absolute Gasteiger partial charge is 0.314 e. The standard InChI is InChI=1S/C17H24F4N2.2ClH/c1-12(2)3-6-16(23-9-7-22-8-10-23)14-5-4-13(18)11-15(14)17(19,20)21;;/h4-5,11-12,16,22H,3,6-10H2,1-2H3;2*1H/t16-;;/m1../s1. The fourth-order valence-electron chi connectivity index (χ4n) is 3.08. The largest absolute Gasteiger partial charge is 0.416 e. The minimum atomic E-state index is -4.54. The number of halogens is 6. The molecule has 1 atom stereocenters. The first-order valence-corrected chi connectivity index (χ1v) is 8.10. The van der Waals surface area contributed by atoms with E-state index in [4.69, 9.17) is 0 Å². The average Bonchev–Trinajstić information content (AvgIpc) is 2.48. The number of hydrogen-bond acceptors (Lipinski definition) is 2. The van der Waals surface area contributed by atoms with Crippen LogP contribution in [0.25, 0.3) is 0 Å². The maximum atomic E-state index is 13.4. The molecule has 8 heteroatoms. The first-order valence-electron chi connectivity index (χ1n) is 8.10. The Hall–Kier alpha value is -0.560. The van der Waals surface area contributed by atoms with Crippen LogP contribution in [0.4, 0.5) is 17.6 Å². The lowest BCUT2D eigenvalue weighted by molar-refractivity contribution is -0.139. The van der Waals surface area contributed by atoms with Crippen LogP contribution in [0.15, 0.2) is 18.2 Å². The summed E-state index contributed by atoms with van der Waals surface area (Å²) < 4.78 is 53.4. The van der Waals surface area contributed by atoms with Crippen molar-refractivity contribution in [1.29, 1.82) is 0 Å². The molecule has 0 bridgehead atoms. The van der Waals surface area contributed by atoms with E-state index in [1.165, 1.54) is 6.07 Å². The zero-order chi connectivity index (χ0) is 17.0. The minimum Gasteiger partial charge on any atom is -0.314 e. The molecule has 1 aromatic carbocycles. The molecule has 0 aliphatic carbocycles. The molecule has 1 N–H and O–H groups in total. The SMILES string of the molecule is CC(C)CC[C@H](c1ccc(F)cc1C(F)(F)F)N1CCNCC1.Cl.Cl. The summed E-state index contributed by atoms with van der Waals surface area (Å²) in [6.45, 7) is 7.06. The van der Waals surface area contributed by atoms with Crippen LogP contribution in [0, 0.1) is 11.7 Å². The molecule has 0 spiro atoms. The summed E-state index contributed by atoms with van der Waals surface area (Å²) in [5.74, 6) is -0.431. The van der Waals surface area contributed by atoms with Crippen LogP contribution in [-0.2, 0) is 6.18 Å². The Morgan fingerprint density at radius 1 is 1.08 bits per heavy atom. The Bertz CT molecular complexity index is 518. The summed E-state index contributed by atoms with van der Waals surface area (Å²) in [4.78, 5) is 2.08. The number of rotatable bonds is 5. The lowest BCUT2D eigenvalue weighted by atomic mass is 9.92. The molecule has 0 radical (unpaired) electrons. The van der Waals surface area contributed by atoms with Crippen molar-refractivity contribution in [2.75, 3.05) is 26.2 Å². The fourth-order valence-corrected chi connectivity index (χ4v) is 3.08. The van der Waals surface area contributed by atoms with Crippen molar-refractivity contribution in [2.45, 2.75) is 38.9 Å².